The number of rotatable bonds is 2. The first-order chi connectivity index (χ1) is 8.16. The third-order valence-corrected chi connectivity index (χ3v) is 2.49. The highest BCUT2D eigenvalue weighted by Crippen LogP contribution is 2.10. The Morgan fingerprint density at radius 2 is 2.24 bits per heavy atom. The fourth-order valence-electron chi connectivity index (χ4n) is 1.59. The van der Waals surface area contributed by atoms with Gasteiger partial charge in [-0.3, -0.25) is 14.9 Å². The summed E-state index contributed by atoms with van der Waals surface area (Å²) >= 11 is 0. The molecule has 90 valence electrons. The number of alkyl carbamates (subject to hydrolysis) is 1. The molecule has 0 aromatic heterocycles. The zero-order chi connectivity index (χ0) is 12.3. The van der Waals surface area contributed by atoms with Crippen molar-refractivity contribution in [3.63, 3.8) is 0 Å². The van der Waals surface area contributed by atoms with E-state index in [2.05, 4.69) is 10.1 Å². The molecule has 1 aliphatic heterocycles. The van der Waals surface area contributed by atoms with Crippen LogP contribution in [-0.2, 0) is 14.3 Å². The summed E-state index contributed by atoms with van der Waals surface area (Å²) in [6, 6.07) is -0.823. The van der Waals surface area contributed by atoms with E-state index in [0.29, 0.717) is 5.57 Å². The minimum atomic E-state index is -0.823. The van der Waals surface area contributed by atoms with Gasteiger partial charge in [-0.2, -0.15) is 0 Å². The van der Waals surface area contributed by atoms with Crippen molar-refractivity contribution in [3.8, 4) is 0 Å². The Labute approximate surface area is 97.7 Å². The molecule has 1 atom stereocenters. The Morgan fingerprint density at radius 1 is 1.41 bits per heavy atom. The second-order valence-electron chi connectivity index (χ2n) is 3.75. The maximum atomic E-state index is 11.7. The Bertz CT molecular complexity index is 425. The fraction of sp³-hybridized carbons (Fsp3) is 0.364. The van der Waals surface area contributed by atoms with Crippen molar-refractivity contribution in [3.05, 3.63) is 23.8 Å². The normalized spacial score (nSPS) is 23.5. The van der Waals surface area contributed by atoms with Gasteiger partial charge in [0.15, 0.2) is 0 Å². The predicted octanol–water partition coefficient (Wildman–Crippen LogP) is 0.0140. The minimum absolute atomic E-state index is 0.132. The maximum Gasteiger partial charge on any atom is 0.413 e. The molecule has 2 aliphatic rings. The van der Waals surface area contributed by atoms with Gasteiger partial charge < -0.3 is 10.1 Å². The van der Waals surface area contributed by atoms with Crippen LogP contribution in [0, 0.1) is 0 Å². The summed E-state index contributed by atoms with van der Waals surface area (Å²) in [5.41, 5.74) is 0.529. The van der Waals surface area contributed by atoms with Crippen molar-refractivity contribution in [1.29, 1.82) is 0 Å². The first kappa shape index (κ1) is 11.4. The average Bonchev–Trinajstić information content (AvgIpc) is 2.34. The van der Waals surface area contributed by atoms with Gasteiger partial charge in [-0.05, 0) is 12.8 Å². The zero-order valence-electron chi connectivity index (χ0n) is 9.06. The van der Waals surface area contributed by atoms with Crippen LogP contribution in [0.3, 0.4) is 0 Å². The molecule has 1 heterocycles. The molecule has 2 rings (SSSR count). The SMILES string of the molecule is O=C1NC(=O)C(NC(=O)C2=CCCC=C2)CO1. The van der Waals surface area contributed by atoms with E-state index < -0.39 is 18.0 Å². The molecular formula is C11H12N2O4. The van der Waals surface area contributed by atoms with Gasteiger partial charge in [0.25, 0.3) is 11.8 Å². The van der Waals surface area contributed by atoms with E-state index in [4.69, 9.17) is 0 Å². The van der Waals surface area contributed by atoms with Gasteiger partial charge in [0.2, 0.25) is 0 Å². The van der Waals surface area contributed by atoms with E-state index in [1.165, 1.54) is 0 Å². The second kappa shape index (κ2) is 4.82. The summed E-state index contributed by atoms with van der Waals surface area (Å²) in [6.07, 6.45) is 6.37. The average molecular weight is 236 g/mol. The van der Waals surface area contributed by atoms with Crippen LogP contribution in [0.25, 0.3) is 0 Å². The van der Waals surface area contributed by atoms with Crippen molar-refractivity contribution in [2.45, 2.75) is 18.9 Å². The Hall–Kier alpha value is -2.11. The first-order valence-corrected chi connectivity index (χ1v) is 5.32. The van der Waals surface area contributed by atoms with E-state index in [0.717, 1.165) is 12.8 Å². The number of carbonyl (C=O) groups is 3. The van der Waals surface area contributed by atoms with Crippen molar-refractivity contribution in [2.75, 3.05) is 6.61 Å². The standard InChI is InChI=1S/C11H12N2O4/c14-9(7-4-2-1-3-5-7)12-8-6-17-11(16)13-10(8)15/h2,4-5,8H,1,3,6H2,(H,12,14)(H,13,15,16). The quantitative estimate of drug-likeness (QED) is 0.707. The molecule has 6 heteroatoms. The molecule has 2 N–H and O–H groups in total. The molecule has 1 unspecified atom stereocenters. The summed E-state index contributed by atoms with van der Waals surface area (Å²) in [6.45, 7) is -0.132. The summed E-state index contributed by atoms with van der Waals surface area (Å²) in [5, 5.41) is 4.50. The number of hydrogen-bond donors (Lipinski definition) is 2. The van der Waals surface area contributed by atoms with Crippen LogP contribution < -0.4 is 10.6 Å². The Morgan fingerprint density at radius 3 is 2.88 bits per heavy atom. The maximum absolute atomic E-state index is 11.7. The Kier molecular flexibility index (Phi) is 3.22. The van der Waals surface area contributed by atoms with Crippen LogP contribution in [-0.4, -0.2) is 30.6 Å². The monoisotopic (exact) mass is 236 g/mol. The van der Waals surface area contributed by atoms with Crippen LogP contribution in [0.5, 0.6) is 0 Å². The fourth-order valence-corrected chi connectivity index (χ4v) is 1.59. The van der Waals surface area contributed by atoms with Crippen LogP contribution in [0.1, 0.15) is 12.8 Å². The molecule has 0 radical (unpaired) electrons. The lowest BCUT2D eigenvalue weighted by atomic mass is 10.1. The molecule has 1 fully saturated rings. The molecule has 0 bridgehead atoms. The van der Waals surface area contributed by atoms with Crippen LogP contribution in [0.2, 0.25) is 0 Å². The molecule has 0 spiro atoms. The van der Waals surface area contributed by atoms with Gasteiger partial charge in [0.1, 0.15) is 12.6 Å². The van der Waals surface area contributed by atoms with Gasteiger partial charge in [-0.15, -0.1) is 0 Å². The molecule has 6 nitrogen and oxygen atoms in total. The minimum Gasteiger partial charge on any atom is -0.446 e. The molecule has 0 aromatic carbocycles. The first-order valence-electron chi connectivity index (χ1n) is 5.32. The highest BCUT2D eigenvalue weighted by atomic mass is 16.6. The van der Waals surface area contributed by atoms with E-state index in [9.17, 15) is 14.4 Å². The predicted molar refractivity (Wildman–Crippen MR) is 57.9 cm³/mol. The summed E-state index contributed by atoms with van der Waals surface area (Å²) in [4.78, 5) is 33.8. The van der Waals surface area contributed by atoms with E-state index >= 15 is 0 Å². The smallest absolute Gasteiger partial charge is 0.413 e. The summed E-state index contributed by atoms with van der Waals surface area (Å²) in [5.74, 6) is -0.881. The van der Waals surface area contributed by atoms with Gasteiger partial charge in [-0.25, -0.2) is 4.79 Å². The van der Waals surface area contributed by atoms with Crippen molar-refractivity contribution < 1.29 is 19.1 Å². The van der Waals surface area contributed by atoms with Crippen molar-refractivity contribution in [1.82, 2.24) is 10.6 Å². The third-order valence-electron chi connectivity index (χ3n) is 2.49. The number of carbonyl (C=O) groups excluding carboxylic acids is 3. The number of hydrogen-bond acceptors (Lipinski definition) is 4. The van der Waals surface area contributed by atoms with E-state index in [1.807, 2.05) is 17.5 Å². The number of nitrogens with one attached hydrogen (secondary N) is 2. The number of amides is 3. The summed E-state index contributed by atoms with van der Waals surface area (Å²) in [7, 11) is 0. The van der Waals surface area contributed by atoms with Gasteiger partial charge in [0, 0.05) is 5.57 Å². The lowest BCUT2D eigenvalue weighted by Gasteiger charge is -2.22. The van der Waals surface area contributed by atoms with Crippen LogP contribution >= 0.6 is 0 Å². The van der Waals surface area contributed by atoms with Gasteiger partial charge in [0.05, 0.1) is 0 Å². The van der Waals surface area contributed by atoms with Crippen LogP contribution in [0.4, 0.5) is 4.79 Å². The number of cyclic esters (lactones) is 1. The van der Waals surface area contributed by atoms with Gasteiger partial charge >= 0.3 is 6.09 Å². The topological polar surface area (TPSA) is 84.5 Å². The third kappa shape index (κ3) is 2.72. The lowest BCUT2D eigenvalue weighted by molar-refractivity contribution is -0.129. The van der Waals surface area contributed by atoms with Crippen LogP contribution in [0.15, 0.2) is 23.8 Å². The molecule has 3 amide bonds. The number of allylic oxidation sites excluding steroid dienone is 2. The van der Waals surface area contributed by atoms with Crippen molar-refractivity contribution in [2.24, 2.45) is 0 Å². The molecule has 0 aromatic rings. The molecule has 1 saturated heterocycles. The van der Waals surface area contributed by atoms with Crippen molar-refractivity contribution >= 4 is 17.9 Å². The van der Waals surface area contributed by atoms with Gasteiger partial charge in [-0.1, -0.05) is 18.2 Å². The highest BCUT2D eigenvalue weighted by Gasteiger charge is 2.29. The lowest BCUT2D eigenvalue weighted by Crippen LogP contribution is -2.55. The second-order valence-corrected chi connectivity index (χ2v) is 3.75. The van der Waals surface area contributed by atoms with E-state index in [-0.39, 0.29) is 12.5 Å². The zero-order valence-corrected chi connectivity index (χ0v) is 9.06. The number of imide groups is 1. The summed E-state index contributed by atoms with van der Waals surface area (Å²) < 4.78 is 4.63. The van der Waals surface area contributed by atoms with E-state index in [1.54, 1.807) is 6.08 Å². The number of ether oxygens (including phenoxy) is 1. The molecule has 17 heavy (non-hydrogen) atoms. The molecular weight excluding hydrogens is 224 g/mol. The Balaban J connectivity index is 1.94. The highest BCUT2D eigenvalue weighted by molar-refractivity contribution is 6.02. The largest absolute Gasteiger partial charge is 0.446 e. The molecule has 1 aliphatic carbocycles. The molecule has 0 saturated carbocycles.